The lowest BCUT2D eigenvalue weighted by Crippen LogP contribution is -2.49. The zero-order valence-electron chi connectivity index (χ0n) is 9.23. The van der Waals surface area contributed by atoms with Crippen LogP contribution in [-0.4, -0.2) is 35.1 Å². The summed E-state index contributed by atoms with van der Waals surface area (Å²) in [5.41, 5.74) is 5.58. The fourth-order valence-electron chi connectivity index (χ4n) is 3.16. The lowest BCUT2D eigenvalue weighted by atomic mass is 9.78. The number of piperidine rings is 1. The Hall–Kier alpha value is -0.770. The van der Waals surface area contributed by atoms with Gasteiger partial charge in [0.05, 0.1) is 6.54 Å². The van der Waals surface area contributed by atoms with E-state index in [4.69, 9.17) is 10.9 Å². The number of hydrogen-bond acceptors (Lipinski definition) is 3. The molecule has 0 aromatic heterocycles. The first-order chi connectivity index (χ1) is 7.31. The van der Waals surface area contributed by atoms with Crippen molar-refractivity contribution in [3.05, 3.63) is 0 Å². The minimum atomic E-state index is 0.348. The van der Waals surface area contributed by atoms with Gasteiger partial charge in [0, 0.05) is 6.04 Å². The molecule has 4 nitrogen and oxygen atoms in total. The van der Waals surface area contributed by atoms with Gasteiger partial charge in [0.1, 0.15) is 0 Å². The van der Waals surface area contributed by atoms with Crippen LogP contribution in [-0.2, 0) is 0 Å². The quantitative estimate of drug-likeness (QED) is 0.314. The molecule has 1 aliphatic heterocycles. The summed E-state index contributed by atoms with van der Waals surface area (Å²) < 4.78 is 0. The van der Waals surface area contributed by atoms with Crippen molar-refractivity contribution in [3.63, 3.8) is 0 Å². The molecule has 2 rings (SSSR count). The van der Waals surface area contributed by atoms with Crippen molar-refractivity contribution in [2.75, 3.05) is 13.1 Å². The maximum atomic E-state index is 8.60. The SMILES string of the molecule is N/C(CN1CCCC2CCCCC21)=N\O. The Balaban J connectivity index is 1.97. The first-order valence-corrected chi connectivity index (χ1v) is 6.01. The Morgan fingerprint density at radius 2 is 2.00 bits per heavy atom. The van der Waals surface area contributed by atoms with Gasteiger partial charge in [0.2, 0.25) is 0 Å². The fraction of sp³-hybridized carbons (Fsp3) is 0.909. The molecule has 1 heterocycles. The zero-order valence-corrected chi connectivity index (χ0v) is 9.23. The van der Waals surface area contributed by atoms with Gasteiger partial charge in [-0.25, -0.2) is 0 Å². The van der Waals surface area contributed by atoms with Crippen molar-refractivity contribution in [1.82, 2.24) is 4.90 Å². The third-order valence-electron chi connectivity index (χ3n) is 3.85. The van der Waals surface area contributed by atoms with Gasteiger partial charge < -0.3 is 10.9 Å². The van der Waals surface area contributed by atoms with Crippen molar-refractivity contribution in [3.8, 4) is 0 Å². The van der Waals surface area contributed by atoms with Crippen LogP contribution in [0.15, 0.2) is 5.16 Å². The summed E-state index contributed by atoms with van der Waals surface area (Å²) in [5, 5.41) is 11.7. The predicted octanol–water partition coefficient (Wildman–Crippen LogP) is 1.39. The first kappa shape index (κ1) is 10.7. The summed E-state index contributed by atoms with van der Waals surface area (Å²) in [6, 6.07) is 0.688. The van der Waals surface area contributed by atoms with Crippen LogP contribution >= 0.6 is 0 Å². The van der Waals surface area contributed by atoms with Gasteiger partial charge in [-0.3, -0.25) is 4.90 Å². The van der Waals surface area contributed by atoms with Gasteiger partial charge in [-0.05, 0) is 38.1 Å². The summed E-state index contributed by atoms with van der Waals surface area (Å²) in [5.74, 6) is 1.21. The van der Waals surface area contributed by atoms with Crippen LogP contribution in [0.3, 0.4) is 0 Å². The van der Waals surface area contributed by atoms with Gasteiger partial charge >= 0.3 is 0 Å². The molecule has 2 atom stereocenters. The number of nitrogens with two attached hydrogens (primary N) is 1. The van der Waals surface area contributed by atoms with E-state index in [0.29, 0.717) is 18.4 Å². The highest BCUT2D eigenvalue weighted by atomic mass is 16.4. The van der Waals surface area contributed by atoms with Crippen molar-refractivity contribution in [2.24, 2.45) is 16.8 Å². The summed E-state index contributed by atoms with van der Waals surface area (Å²) in [6.45, 7) is 1.75. The van der Waals surface area contributed by atoms with E-state index in [1.165, 1.54) is 38.5 Å². The van der Waals surface area contributed by atoms with Crippen molar-refractivity contribution in [1.29, 1.82) is 0 Å². The van der Waals surface area contributed by atoms with Crippen molar-refractivity contribution in [2.45, 2.75) is 44.6 Å². The van der Waals surface area contributed by atoms with Crippen molar-refractivity contribution < 1.29 is 5.21 Å². The molecule has 3 N–H and O–H groups in total. The van der Waals surface area contributed by atoms with E-state index in [9.17, 15) is 0 Å². The highest BCUT2D eigenvalue weighted by Gasteiger charge is 2.33. The molecule has 0 radical (unpaired) electrons. The van der Waals surface area contributed by atoms with Crippen LogP contribution in [0, 0.1) is 5.92 Å². The summed E-state index contributed by atoms with van der Waals surface area (Å²) in [7, 11) is 0. The highest BCUT2D eigenvalue weighted by molar-refractivity contribution is 5.81. The van der Waals surface area contributed by atoms with E-state index in [1.54, 1.807) is 0 Å². The topological polar surface area (TPSA) is 61.8 Å². The molecule has 0 bridgehead atoms. The molecule has 2 unspecified atom stereocenters. The van der Waals surface area contributed by atoms with Gasteiger partial charge in [-0.15, -0.1) is 0 Å². The van der Waals surface area contributed by atoms with E-state index >= 15 is 0 Å². The van der Waals surface area contributed by atoms with Crippen LogP contribution in [0.25, 0.3) is 0 Å². The number of oxime groups is 1. The molecule has 1 saturated heterocycles. The highest BCUT2D eigenvalue weighted by Crippen LogP contribution is 2.34. The summed E-state index contributed by atoms with van der Waals surface area (Å²) >= 11 is 0. The molecule has 1 aliphatic carbocycles. The Morgan fingerprint density at radius 1 is 1.27 bits per heavy atom. The van der Waals surface area contributed by atoms with E-state index in [0.717, 1.165) is 12.5 Å². The average molecular weight is 211 g/mol. The Bertz CT molecular complexity index is 240. The molecule has 0 aromatic carbocycles. The van der Waals surface area contributed by atoms with Gasteiger partial charge in [0.25, 0.3) is 0 Å². The molecule has 4 heteroatoms. The van der Waals surface area contributed by atoms with Crippen LogP contribution in [0.2, 0.25) is 0 Å². The number of nitrogens with zero attached hydrogens (tertiary/aromatic N) is 2. The maximum Gasteiger partial charge on any atom is 0.153 e. The van der Waals surface area contributed by atoms with Crippen LogP contribution < -0.4 is 5.73 Å². The normalized spacial score (nSPS) is 33.7. The number of amidine groups is 1. The third kappa shape index (κ3) is 2.43. The lowest BCUT2D eigenvalue weighted by molar-refractivity contribution is 0.0737. The zero-order chi connectivity index (χ0) is 10.7. The van der Waals surface area contributed by atoms with Crippen LogP contribution in [0.5, 0.6) is 0 Å². The standard InChI is InChI=1S/C11H21N3O/c12-11(13-15)8-14-7-3-5-9-4-1-2-6-10(9)14/h9-10,15H,1-8H2,(H2,12,13). The molecule has 0 aromatic rings. The minimum Gasteiger partial charge on any atom is -0.409 e. The molecule has 15 heavy (non-hydrogen) atoms. The molecule has 1 saturated carbocycles. The number of hydrogen-bond donors (Lipinski definition) is 2. The molecule has 2 aliphatic rings. The molecule has 2 fully saturated rings. The first-order valence-electron chi connectivity index (χ1n) is 6.01. The second-order valence-corrected chi connectivity index (χ2v) is 4.82. The fourth-order valence-corrected chi connectivity index (χ4v) is 3.16. The second kappa shape index (κ2) is 4.84. The monoisotopic (exact) mass is 211 g/mol. The predicted molar refractivity (Wildman–Crippen MR) is 60.0 cm³/mol. The summed E-state index contributed by atoms with van der Waals surface area (Å²) in [4.78, 5) is 2.41. The molecule has 0 amide bonds. The minimum absolute atomic E-state index is 0.348. The van der Waals surface area contributed by atoms with Crippen LogP contribution in [0.4, 0.5) is 0 Å². The molecular weight excluding hydrogens is 190 g/mol. The van der Waals surface area contributed by atoms with Crippen molar-refractivity contribution >= 4 is 5.84 Å². The second-order valence-electron chi connectivity index (χ2n) is 4.82. The number of rotatable bonds is 2. The number of likely N-dealkylation sites (tertiary alicyclic amines) is 1. The molecule has 0 spiro atoms. The third-order valence-corrected chi connectivity index (χ3v) is 3.85. The Kier molecular flexibility index (Phi) is 3.46. The van der Waals surface area contributed by atoms with Crippen LogP contribution in [0.1, 0.15) is 38.5 Å². The summed E-state index contributed by atoms with van der Waals surface area (Å²) in [6.07, 6.45) is 8.03. The van der Waals surface area contributed by atoms with E-state index in [2.05, 4.69) is 10.1 Å². The molecule has 86 valence electrons. The van der Waals surface area contributed by atoms with E-state index in [1.807, 2.05) is 0 Å². The van der Waals surface area contributed by atoms with E-state index < -0.39 is 0 Å². The Morgan fingerprint density at radius 3 is 2.80 bits per heavy atom. The van der Waals surface area contributed by atoms with Gasteiger partial charge in [-0.1, -0.05) is 18.0 Å². The average Bonchev–Trinajstić information content (AvgIpc) is 2.29. The van der Waals surface area contributed by atoms with E-state index in [-0.39, 0.29) is 0 Å². The number of fused-ring (bicyclic) bond motifs is 1. The maximum absolute atomic E-state index is 8.60. The smallest absolute Gasteiger partial charge is 0.153 e. The van der Waals surface area contributed by atoms with Gasteiger partial charge in [-0.2, -0.15) is 0 Å². The lowest BCUT2D eigenvalue weighted by Gasteiger charge is -2.43. The molecular formula is C11H21N3O. The largest absolute Gasteiger partial charge is 0.409 e. The Labute approximate surface area is 91.1 Å². The van der Waals surface area contributed by atoms with Gasteiger partial charge in [0.15, 0.2) is 5.84 Å².